The van der Waals surface area contributed by atoms with Gasteiger partial charge >= 0.3 is 6.03 Å². The van der Waals surface area contributed by atoms with Crippen LogP contribution >= 0.6 is 0 Å². The monoisotopic (exact) mass is 439 g/mol. The molecule has 1 unspecified atom stereocenters. The van der Waals surface area contributed by atoms with E-state index in [1.54, 1.807) is 29.3 Å². The SMILES string of the molecule is Cc1ccc(C2(CCC(=O)N3CCN(c4cccc(F)c4)[C@@H](C)C3)NC(=O)NC2=O)cn1. The number of piperazine rings is 1. The summed E-state index contributed by atoms with van der Waals surface area (Å²) in [6.07, 6.45) is 1.78. The van der Waals surface area contributed by atoms with Crippen molar-refractivity contribution in [2.24, 2.45) is 0 Å². The molecule has 2 saturated heterocycles. The van der Waals surface area contributed by atoms with Gasteiger partial charge in [0.15, 0.2) is 0 Å². The van der Waals surface area contributed by atoms with Crippen molar-refractivity contribution in [1.29, 1.82) is 0 Å². The number of imide groups is 1. The molecular formula is C23H26FN5O3. The van der Waals surface area contributed by atoms with E-state index in [1.807, 2.05) is 19.9 Å². The molecule has 4 rings (SSSR count). The highest BCUT2D eigenvalue weighted by Crippen LogP contribution is 2.30. The molecule has 8 nitrogen and oxygen atoms in total. The molecule has 2 atom stereocenters. The maximum absolute atomic E-state index is 13.6. The number of aromatic nitrogens is 1. The predicted octanol–water partition coefficient (Wildman–Crippen LogP) is 2.08. The average Bonchev–Trinajstić information content (AvgIpc) is 3.06. The molecule has 0 radical (unpaired) electrons. The molecule has 2 aliphatic rings. The Hall–Kier alpha value is -3.49. The van der Waals surface area contributed by atoms with Crippen LogP contribution in [-0.4, -0.2) is 53.4 Å². The number of anilines is 1. The molecule has 0 aliphatic carbocycles. The van der Waals surface area contributed by atoms with E-state index in [0.717, 1.165) is 11.4 Å². The molecule has 2 aromatic rings. The molecule has 2 aliphatic heterocycles. The Bertz CT molecular complexity index is 1040. The third-order valence-corrected chi connectivity index (χ3v) is 6.18. The van der Waals surface area contributed by atoms with Crippen molar-refractivity contribution in [3.63, 3.8) is 0 Å². The van der Waals surface area contributed by atoms with Gasteiger partial charge in [0.25, 0.3) is 5.91 Å². The molecule has 32 heavy (non-hydrogen) atoms. The quantitative estimate of drug-likeness (QED) is 0.696. The van der Waals surface area contributed by atoms with Crippen LogP contribution in [0.2, 0.25) is 0 Å². The molecule has 168 valence electrons. The van der Waals surface area contributed by atoms with Crippen molar-refractivity contribution in [2.45, 2.75) is 38.3 Å². The lowest BCUT2D eigenvalue weighted by molar-refractivity contribution is -0.133. The molecule has 1 aromatic carbocycles. The fraction of sp³-hybridized carbons (Fsp3) is 0.391. The van der Waals surface area contributed by atoms with Gasteiger partial charge in [-0.1, -0.05) is 12.1 Å². The second-order valence-electron chi connectivity index (χ2n) is 8.36. The summed E-state index contributed by atoms with van der Waals surface area (Å²) in [4.78, 5) is 45.7. The van der Waals surface area contributed by atoms with Gasteiger partial charge in [0.1, 0.15) is 11.4 Å². The van der Waals surface area contributed by atoms with E-state index in [2.05, 4.69) is 20.5 Å². The number of benzene rings is 1. The summed E-state index contributed by atoms with van der Waals surface area (Å²) in [7, 11) is 0. The van der Waals surface area contributed by atoms with Gasteiger partial charge in [-0.3, -0.25) is 19.9 Å². The minimum Gasteiger partial charge on any atom is -0.365 e. The Morgan fingerprint density at radius 2 is 2.06 bits per heavy atom. The van der Waals surface area contributed by atoms with Crippen LogP contribution in [0.4, 0.5) is 14.9 Å². The molecule has 2 N–H and O–H groups in total. The molecule has 9 heteroatoms. The summed E-state index contributed by atoms with van der Waals surface area (Å²) in [5.41, 5.74) is 0.807. The summed E-state index contributed by atoms with van der Waals surface area (Å²) in [6.45, 7) is 5.40. The number of aryl methyl sites for hydroxylation is 1. The summed E-state index contributed by atoms with van der Waals surface area (Å²) in [5.74, 6) is -0.865. The maximum atomic E-state index is 13.6. The predicted molar refractivity (Wildman–Crippen MR) is 116 cm³/mol. The lowest BCUT2D eigenvalue weighted by atomic mass is 9.86. The standard InChI is InChI=1S/C23H26FN5O3/c1-15-6-7-17(13-25-15)23(21(31)26-22(32)27-23)9-8-20(30)28-10-11-29(16(2)14-28)19-5-3-4-18(24)12-19/h3-7,12-13,16H,8-11,14H2,1-2H3,(H2,26,27,31,32)/t16-,23?/m0/s1. The van der Waals surface area contributed by atoms with Crippen LogP contribution in [0.15, 0.2) is 42.6 Å². The Morgan fingerprint density at radius 3 is 2.69 bits per heavy atom. The third kappa shape index (κ3) is 4.15. The summed E-state index contributed by atoms with van der Waals surface area (Å²) in [6, 6.07) is 9.38. The van der Waals surface area contributed by atoms with E-state index < -0.39 is 17.5 Å². The van der Waals surface area contributed by atoms with E-state index in [-0.39, 0.29) is 30.6 Å². The Labute approximate surface area is 185 Å². The van der Waals surface area contributed by atoms with E-state index in [9.17, 15) is 18.8 Å². The first-order chi connectivity index (χ1) is 15.3. The topological polar surface area (TPSA) is 94.6 Å². The zero-order valence-corrected chi connectivity index (χ0v) is 18.1. The number of carbonyl (C=O) groups is 3. The van der Waals surface area contributed by atoms with Crippen LogP contribution in [0.25, 0.3) is 0 Å². The average molecular weight is 439 g/mol. The number of hydrogen-bond donors (Lipinski definition) is 2. The lowest BCUT2D eigenvalue weighted by Gasteiger charge is -2.41. The van der Waals surface area contributed by atoms with Crippen LogP contribution in [0, 0.1) is 12.7 Å². The Kier molecular flexibility index (Phi) is 5.82. The number of nitrogens with zero attached hydrogens (tertiary/aromatic N) is 3. The van der Waals surface area contributed by atoms with Crippen molar-refractivity contribution in [2.75, 3.05) is 24.5 Å². The molecule has 0 spiro atoms. The molecule has 3 heterocycles. The summed E-state index contributed by atoms with van der Waals surface area (Å²) < 4.78 is 13.6. The first kappa shape index (κ1) is 21.7. The minimum absolute atomic E-state index is 0.0132. The third-order valence-electron chi connectivity index (χ3n) is 6.18. The first-order valence-electron chi connectivity index (χ1n) is 10.7. The van der Waals surface area contributed by atoms with E-state index >= 15 is 0 Å². The second-order valence-corrected chi connectivity index (χ2v) is 8.36. The number of rotatable bonds is 5. The van der Waals surface area contributed by atoms with E-state index in [4.69, 9.17) is 0 Å². The van der Waals surface area contributed by atoms with E-state index in [0.29, 0.717) is 25.2 Å². The van der Waals surface area contributed by atoms with Crippen molar-refractivity contribution in [3.8, 4) is 0 Å². The van der Waals surface area contributed by atoms with Crippen molar-refractivity contribution in [1.82, 2.24) is 20.5 Å². The lowest BCUT2D eigenvalue weighted by Crippen LogP contribution is -2.54. The van der Waals surface area contributed by atoms with Crippen LogP contribution in [0.5, 0.6) is 0 Å². The van der Waals surface area contributed by atoms with Gasteiger partial charge < -0.3 is 15.1 Å². The molecule has 2 fully saturated rings. The number of hydrogen-bond acceptors (Lipinski definition) is 5. The maximum Gasteiger partial charge on any atom is 0.322 e. The largest absolute Gasteiger partial charge is 0.365 e. The zero-order valence-electron chi connectivity index (χ0n) is 18.1. The highest BCUT2D eigenvalue weighted by Gasteiger charge is 2.48. The van der Waals surface area contributed by atoms with Gasteiger partial charge in [0, 0.05) is 55.2 Å². The fourth-order valence-electron chi connectivity index (χ4n) is 4.41. The fourth-order valence-corrected chi connectivity index (χ4v) is 4.41. The Morgan fingerprint density at radius 1 is 1.25 bits per heavy atom. The summed E-state index contributed by atoms with van der Waals surface area (Å²) >= 11 is 0. The van der Waals surface area contributed by atoms with Gasteiger partial charge in [-0.15, -0.1) is 0 Å². The van der Waals surface area contributed by atoms with Crippen molar-refractivity contribution < 1.29 is 18.8 Å². The zero-order chi connectivity index (χ0) is 22.9. The smallest absolute Gasteiger partial charge is 0.322 e. The minimum atomic E-state index is -1.32. The van der Waals surface area contributed by atoms with Crippen molar-refractivity contribution in [3.05, 3.63) is 59.7 Å². The highest BCUT2D eigenvalue weighted by molar-refractivity contribution is 6.07. The Balaban J connectivity index is 1.44. The molecule has 4 amide bonds. The van der Waals surface area contributed by atoms with Gasteiger partial charge in [0.05, 0.1) is 0 Å². The summed E-state index contributed by atoms with van der Waals surface area (Å²) in [5, 5.41) is 4.98. The molecule has 0 bridgehead atoms. The van der Waals surface area contributed by atoms with Crippen LogP contribution in [0.1, 0.15) is 31.0 Å². The van der Waals surface area contributed by atoms with Gasteiger partial charge in [-0.05, 0) is 44.5 Å². The highest BCUT2D eigenvalue weighted by atomic mass is 19.1. The number of carbonyl (C=O) groups excluding carboxylic acids is 3. The first-order valence-corrected chi connectivity index (χ1v) is 10.7. The van der Waals surface area contributed by atoms with Crippen LogP contribution in [-0.2, 0) is 15.1 Å². The number of pyridine rings is 1. The second kappa shape index (κ2) is 8.57. The van der Waals surface area contributed by atoms with Crippen LogP contribution in [0.3, 0.4) is 0 Å². The number of urea groups is 1. The number of nitrogens with one attached hydrogen (secondary N) is 2. The molecule has 1 aromatic heterocycles. The van der Waals surface area contributed by atoms with Gasteiger partial charge in [-0.25, -0.2) is 9.18 Å². The van der Waals surface area contributed by atoms with Crippen LogP contribution < -0.4 is 15.5 Å². The number of halogens is 1. The molecular weight excluding hydrogens is 413 g/mol. The van der Waals surface area contributed by atoms with E-state index in [1.165, 1.54) is 12.1 Å². The number of amides is 4. The van der Waals surface area contributed by atoms with Gasteiger partial charge in [-0.2, -0.15) is 0 Å². The van der Waals surface area contributed by atoms with Gasteiger partial charge in [0.2, 0.25) is 5.91 Å². The van der Waals surface area contributed by atoms with Crippen molar-refractivity contribution >= 4 is 23.5 Å². The normalized spacial score (nSPS) is 23.2. The molecule has 0 saturated carbocycles.